The van der Waals surface area contributed by atoms with Crippen LogP contribution in [0.4, 0.5) is 18.9 Å². The Morgan fingerprint density at radius 3 is 2.23 bits per heavy atom. The van der Waals surface area contributed by atoms with Crippen LogP contribution in [0, 0.1) is 5.92 Å². The van der Waals surface area contributed by atoms with E-state index in [4.69, 9.17) is 9.47 Å². The second kappa shape index (κ2) is 10.7. The molecule has 1 unspecified atom stereocenters. The number of amides is 2. The second-order valence-electron chi connectivity index (χ2n) is 7.04. The van der Waals surface area contributed by atoms with E-state index in [1.807, 2.05) is 6.92 Å². The molecule has 9 heteroatoms. The van der Waals surface area contributed by atoms with Crippen molar-refractivity contribution in [3.8, 4) is 11.5 Å². The van der Waals surface area contributed by atoms with Gasteiger partial charge in [-0.3, -0.25) is 9.59 Å². The van der Waals surface area contributed by atoms with Gasteiger partial charge in [0.2, 0.25) is 5.91 Å². The van der Waals surface area contributed by atoms with Gasteiger partial charge in [-0.2, -0.15) is 13.2 Å². The Morgan fingerprint density at radius 1 is 1.00 bits per heavy atom. The lowest BCUT2D eigenvalue weighted by Gasteiger charge is -2.22. The number of hydrogen-bond donors (Lipinski definition) is 2. The highest BCUT2D eigenvalue weighted by Gasteiger charge is 2.29. The Labute approximate surface area is 178 Å². The standard InChI is InChI=1S/C22H25F3N2O4/c1-4-30-16-11-9-15(10-12-16)20(28)27-19(14(2)3)21(29)26-17-7-5-6-8-18(17)31-13-22(23,24)25/h5-12,14,19H,4,13H2,1-3H3,(H,26,29)(H,27,28). The van der Waals surface area contributed by atoms with Crippen LogP contribution in [0.15, 0.2) is 48.5 Å². The summed E-state index contributed by atoms with van der Waals surface area (Å²) in [6.45, 7) is 4.35. The van der Waals surface area contributed by atoms with E-state index in [0.29, 0.717) is 17.9 Å². The third kappa shape index (κ3) is 7.51. The number of anilines is 1. The van der Waals surface area contributed by atoms with E-state index in [1.54, 1.807) is 44.2 Å². The van der Waals surface area contributed by atoms with Crippen molar-refractivity contribution in [3.05, 3.63) is 54.1 Å². The first-order chi connectivity index (χ1) is 14.6. The molecule has 0 radical (unpaired) electrons. The highest BCUT2D eigenvalue weighted by Crippen LogP contribution is 2.26. The van der Waals surface area contributed by atoms with Gasteiger partial charge >= 0.3 is 6.18 Å². The largest absolute Gasteiger partial charge is 0.494 e. The average molecular weight is 438 g/mol. The SMILES string of the molecule is CCOc1ccc(C(=O)NC(C(=O)Nc2ccccc2OCC(F)(F)F)C(C)C)cc1. The Balaban J connectivity index is 2.10. The van der Waals surface area contributed by atoms with Crippen molar-refractivity contribution in [1.82, 2.24) is 5.32 Å². The fourth-order valence-corrected chi connectivity index (χ4v) is 2.69. The van der Waals surface area contributed by atoms with E-state index in [1.165, 1.54) is 18.2 Å². The predicted molar refractivity (Wildman–Crippen MR) is 110 cm³/mol. The summed E-state index contributed by atoms with van der Waals surface area (Å²) in [4.78, 5) is 25.4. The Hall–Kier alpha value is -3.23. The molecule has 0 aliphatic carbocycles. The van der Waals surface area contributed by atoms with Gasteiger partial charge in [-0.05, 0) is 49.2 Å². The smallest absolute Gasteiger partial charge is 0.422 e. The minimum atomic E-state index is -4.51. The normalized spacial score (nSPS) is 12.2. The van der Waals surface area contributed by atoms with Crippen LogP contribution >= 0.6 is 0 Å². The molecule has 0 fully saturated rings. The molecule has 2 amide bonds. The zero-order valence-electron chi connectivity index (χ0n) is 17.5. The van der Waals surface area contributed by atoms with Gasteiger partial charge < -0.3 is 20.1 Å². The summed E-state index contributed by atoms with van der Waals surface area (Å²) in [5, 5.41) is 5.21. The van der Waals surface area contributed by atoms with Crippen LogP contribution in [0.1, 0.15) is 31.1 Å². The van der Waals surface area contributed by atoms with Crippen molar-refractivity contribution in [1.29, 1.82) is 0 Å². The molecule has 0 spiro atoms. The number of benzene rings is 2. The molecule has 31 heavy (non-hydrogen) atoms. The van der Waals surface area contributed by atoms with Gasteiger partial charge in [-0.1, -0.05) is 26.0 Å². The second-order valence-corrected chi connectivity index (χ2v) is 7.04. The lowest BCUT2D eigenvalue weighted by Crippen LogP contribution is -2.47. The summed E-state index contributed by atoms with van der Waals surface area (Å²) < 4.78 is 47.5. The fraction of sp³-hybridized carbons (Fsp3) is 0.364. The van der Waals surface area contributed by atoms with E-state index in [9.17, 15) is 22.8 Å². The Kier molecular flexibility index (Phi) is 8.30. The van der Waals surface area contributed by atoms with Crippen LogP contribution in [-0.2, 0) is 4.79 Å². The number of hydrogen-bond acceptors (Lipinski definition) is 4. The highest BCUT2D eigenvalue weighted by atomic mass is 19.4. The minimum Gasteiger partial charge on any atom is -0.494 e. The number of para-hydroxylation sites is 2. The van der Waals surface area contributed by atoms with Crippen molar-refractivity contribution >= 4 is 17.5 Å². The lowest BCUT2D eigenvalue weighted by atomic mass is 10.0. The first kappa shape index (κ1) is 24.0. The van der Waals surface area contributed by atoms with Crippen LogP contribution in [0.5, 0.6) is 11.5 Å². The molecule has 2 aromatic carbocycles. The number of carbonyl (C=O) groups excluding carboxylic acids is 2. The van der Waals surface area contributed by atoms with E-state index >= 15 is 0 Å². The van der Waals surface area contributed by atoms with Crippen molar-refractivity contribution in [2.75, 3.05) is 18.5 Å². The molecular formula is C22H25F3N2O4. The summed E-state index contributed by atoms with van der Waals surface area (Å²) in [6, 6.07) is 11.3. The van der Waals surface area contributed by atoms with Gasteiger partial charge in [0.25, 0.3) is 5.91 Å². The quantitative estimate of drug-likeness (QED) is 0.608. The molecular weight excluding hydrogens is 413 g/mol. The number of nitrogens with one attached hydrogen (secondary N) is 2. The molecule has 1 atom stereocenters. The molecule has 168 valence electrons. The molecule has 0 saturated heterocycles. The molecule has 6 nitrogen and oxygen atoms in total. The van der Waals surface area contributed by atoms with Crippen molar-refractivity contribution in [3.63, 3.8) is 0 Å². The maximum Gasteiger partial charge on any atom is 0.422 e. The maximum absolute atomic E-state index is 12.8. The van der Waals surface area contributed by atoms with Gasteiger partial charge in [0.05, 0.1) is 12.3 Å². The Bertz CT molecular complexity index is 883. The third-order valence-electron chi connectivity index (χ3n) is 4.20. The van der Waals surface area contributed by atoms with Gasteiger partial charge in [0, 0.05) is 5.56 Å². The molecule has 0 aliphatic heterocycles. The topological polar surface area (TPSA) is 76.7 Å². The first-order valence-corrected chi connectivity index (χ1v) is 9.74. The number of alkyl halides is 3. The fourth-order valence-electron chi connectivity index (χ4n) is 2.69. The summed E-state index contributed by atoms with van der Waals surface area (Å²) in [5.41, 5.74) is 0.425. The first-order valence-electron chi connectivity index (χ1n) is 9.74. The molecule has 0 aromatic heterocycles. The van der Waals surface area contributed by atoms with Crippen molar-refractivity contribution in [2.24, 2.45) is 5.92 Å². The number of rotatable bonds is 9. The van der Waals surface area contributed by atoms with Crippen LogP contribution in [-0.4, -0.2) is 37.2 Å². The van der Waals surface area contributed by atoms with Gasteiger partial charge in [-0.25, -0.2) is 0 Å². The van der Waals surface area contributed by atoms with Crippen molar-refractivity contribution < 1.29 is 32.2 Å². The van der Waals surface area contributed by atoms with E-state index in [0.717, 1.165) is 0 Å². The van der Waals surface area contributed by atoms with E-state index in [-0.39, 0.29) is 17.4 Å². The maximum atomic E-state index is 12.8. The van der Waals surface area contributed by atoms with Crippen LogP contribution in [0.3, 0.4) is 0 Å². The molecule has 0 heterocycles. The highest BCUT2D eigenvalue weighted by molar-refractivity contribution is 6.01. The molecule has 0 aliphatic rings. The number of carbonyl (C=O) groups is 2. The van der Waals surface area contributed by atoms with Crippen molar-refractivity contribution in [2.45, 2.75) is 33.0 Å². The summed E-state index contributed by atoms with van der Waals surface area (Å²) in [7, 11) is 0. The molecule has 2 aromatic rings. The summed E-state index contributed by atoms with van der Waals surface area (Å²) in [6.07, 6.45) is -4.51. The Morgan fingerprint density at radius 2 is 1.65 bits per heavy atom. The third-order valence-corrected chi connectivity index (χ3v) is 4.20. The van der Waals surface area contributed by atoms with E-state index in [2.05, 4.69) is 10.6 Å². The monoisotopic (exact) mass is 438 g/mol. The van der Waals surface area contributed by atoms with Crippen LogP contribution in [0.25, 0.3) is 0 Å². The minimum absolute atomic E-state index is 0.0812. The molecule has 2 rings (SSSR count). The zero-order chi connectivity index (χ0) is 23.0. The lowest BCUT2D eigenvalue weighted by molar-refractivity contribution is -0.153. The van der Waals surface area contributed by atoms with Gasteiger partial charge in [0.15, 0.2) is 6.61 Å². The molecule has 0 bridgehead atoms. The number of ether oxygens (including phenoxy) is 2. The molecule has 0 saturated carbocycles. The molecule has 2 N–H and O–H groups in total. The average Bonchev–Trinajstić information content (AvgIpc) is 2.71. The summed E-state index contributed by atoms with van der Waals surface area (Å²) >= 11 is 0. The van der Waals surface area contributed by atoms with Crippen LogP contribution < -0.4 is 20.1 Å². The zero-order valence-corrected chi connectivity index (χ0v) is 17.5. The van der Waals surface area contributed by atoms with Crippen LogP contribution in [0.2, 0.25) is 0 Å². The summed E-state index contributed by atoms with van der Waals surface area (Å²) in [5.74, 6) is -0.813. The van der Waals surface area contributed by atoms with Gasteiger partial charge in [-0.15, -0.1) is 0 Å². The van der Waals surface area contributed by atoms with E-state index < -0.39 is 30.6 Å². The number of halogens is 3. The predicted octanol–water partition coefficient (Wildman–Crippen LogP) is 4.42. The van der Waals surface area contributed by atoms with Gasteiger partial charge in [0.1, 0.15) is 17.5 Å².